The van der Waals surface area contributed by atoms with E-state index in [1.165, 1.54) is 0 Å². The molecule has 100 valence electrons. The first-order valence-electron chi connectivity index (χ1n) is 6.21. The molecule has 0 N–H and O–H groups in total. The van der Waals surface area contributed by atoms with E-state index in [9.17, 15) is 0 Å². The van der Waals surface area contributed by atoms with Crippen LogP contribution in [0.5, 0.6) is 0 Å². The van der Waals surface area contributed by atoms with Crippen LogP contribution in [-0.2, 0) is 6.42 Å². The first kappa shape index (κ1) is 14.7. The molecule has 2 aromatic rings. The molecular formula is C16H15Cl3. The molecule has 0 aliphatic rings. The van der Waals surface area contributed by atoms with Gasteiger partial charge in [0.25, 0.3) is 0 Å². The van der Waals surface area contributed by atoms with Crippen molar-refractivity contribution in [2.24, 2.45) is 5.92 Å². The van der Waals surface area contributed by atoms with E-state index in [0.717, 1.165) is 17.5 Å². The maximum atomic E-state index is 6.52. The summed E-state index contributed by atoms with van der Waals surface area (Å²) < 4.78 is 0. The van der Waals surface area contributed by atoms with E-state index in [2.05, 4.69) is 19.1 Å². The van der Waals surface area contributed by atoms with E-state index in [1.54, 1.807) is 0 Å². The normalized spacial score (nSPS) is 14.1. The highest BCUT2D eigenvalue weighted by Crippen LogP contribution is 2.32. The van der Waals surface area contributed by atoms with Crippen molar-refractivity contribution in [3.63, 3.8) is 0 Å². The Balaban J connectivity index is 2.08. The number of halogens is 3. The van der Waals surface area contributed by atoms with Gasteiger partial charge in [0.2, 0.25) is 0 Å². The Bertz CT molecular complexity index is 537. The summed E-state index contributed by atoms with van der Waals surface area (Å²) in [4.78, 5) is 0. The molecule has 2 rings (SSSR count). The van der Waals surface area contributed by atoms with Crippen molar-refractivity contribution in [3.05, 3.63) is 69.7 Å². The van der Waals surface area contributed by atoms with Crippen molar-refractivity contribution in [1.82, 2.24) is 0 Å². The highest BCUT2D eigenvalue weighted by atomic mass is 35.5. The van der Waals surface area contributed by atoms with Crippen LogP contribution >= 0.6 is 34.8 Å². The smallest absolute Gasteiger partial charge is 0.0613 e. The lowest BCUT2D eigenvalue weighted by molar-refractivity contribution is 0.558. The van der Waals surface area contributed by atoms with Gasteiger partial charge in [-0.25, -0.2) is 0 Å². The van der Waals surface area contributed by atoms with Gasteiger partial charge in [0.1, 0.15) is 0 Å². The molecule has 0 spiro atoms. The number of hydrogen-bond donors (Lipinski definition) is 0. The summed E-state index contributed by atoms with van der Waals surface area (Å²) in [5, 5.41) is 1.18. The van der Waals surface area contributed by atoms with Gasteiger partial charge in [-0.05, 0) is 35.6 Å². The molecule has 0 fully saturated rings. The summed E-state index contributed by atoms with van der Waals surface area (Å²) in [6, 6.07) is 15.9. The van der Waals surface area contributed by atoms with Gasteiger partial charge in [0.15, 0.2) is 0 Å². The van der Waals surface area contributed by atoms with Crippen molar-refractivity contribution < 1.29 is 0 Å². The quantitative estimate of drug-likeness (QED) is 0.594. The summed E-state index contributed by atoms with van der Waals surface area (Å²) in [5.74, 6) is 0.321. The molecule has 0 radical (unpaired) electrons. The Morgan fingerprint density at radius 2 is 1.63 bits per heavy atom. The largest absolute Gasteiger partial charge is 0.118 e. The fraction of sp³-hybridized carbons (Fsp3) is 0.250. The van der Waals surface area contributed by atoms with Crippen LogP contribution in [0, 0.1) is 5.92 Å². The zero-order valence-corrected chi connectivity index (χ0v) is 12.9. The molecule has 0 aliphatic carbocycles. The van der Waals surface area contributed by atoms with Crippen LogP contribution in [0.1, 0.15) is 23.4 Å². The van der Waals surface area contributed by atoms with Gasteiger partial charge in [-0.3, -0.25) is 0 Å². The summed E-state index contributed by atoms with van der Waals surface area (Å²) in [7, 11) is 0. The minimum Gasteiger partial charge on any atom is -0.118 e. The molecule has 3 heteroatoms. The second-order valence-corrected chi connectivity index (χ2v) is 6.03. The molecule has 0 aliphatic heterocycles. The van der Waals surface area contributed by atoms with Crippen LogP contribution < -0.4 is 0 Å². The van der Waals surface area contributed by atoms with Crippen molar-refractivity contribution in [2.75, 3.05) is 0 Å². The fourth-order valence-electron chi connectivity index (χ4n) is 2.11. The molecule has 0 amide bonds. The average Bonchev–Trinajstić information content (AvgIpc) is 2.43. The third-order valence-electron chi connectivity index (χ3n) is 3.16. The second-order valence-electron chi connectivity index (χ2n) is 4.74. The Hall–Kier alpha value is -0.690. The van der Waals surface area contributed by atoms with Gasteiger partial charge in [0.05, 0.1) is 15.4 Å². The Labute approximate surface area is 129 Å². The Morgan fingerprint density at radius 1 is 0.947 bits per heavy atom. The zero-order chi connectivity index (χ0) is 13.8. The maximum absolute atomic E-state index is 6.52. The van der Waals surface area contributed by atoms with Crippen molar-refractivity contribution in [1.29, 1.82) is 0 Å². The molecule has 2 aromatic carbocycles. The second kappa shape index (κ2) is 6.65. The van der Waals surface area contributed by atoms with E-state index in [-0.39, 0.29) is 5.38 Å². The first-order chi connectivity index (χ1) is 9.08. The maximum Gasteiger partial charge on any atom is 0.0613 e. The van der Waals surface area contributed by atoms with Gasteiger partial charge < -0.3 is 0 Å². The zero-order valence-electron chi connectivity index (χ0n) is 10.6. The highest BCUT2D eigenvalue weighted by Gasteiger charge is 2.17. The van der Waals surface area contributed by atoms with Gasteiger partial charge in [-0.2, -0.15) is 0 Å². The predicted molar refractivity (Wildman–Crippen MR) is 84.4 cm³/mol. The number of rotatable bonds is 4. The van der Waals surface area contributed by atoms with Gasteiger partial charge >= 0.3 is 0 Å². The third kappa shape index (κ3) is 3.89. The molecule has 0 heterocycles. The molecule has 19 heavy (non-hydrogen) atoms. The van der Waals surface area contributed by atoms with E-state index < -0.39 is 0 Å². The molecule has 0 bridgehead atoms. The van der Waals surface area contributed by atoms with Crippen LogP contribution in [0.4, 0.5) is 0 Å². The van der Waals surface area contributed by atoms with Crippen LogP contribution in [0.3, 0.4) is 0 Å². The van der Waals surface area contributed by atoms with E-state index in [0.29, 0.717) is 16.0 Å². The molecule has 0 nitrogen and oxygen atoms in total. The van der Waals surface area contributed by atoms with Crippen LogP contribution in [0.2, 0.25) is 10.0 Å². The summed E-state index contributed by atoms with van der Waals surface area (Å²) in [6.07, 6.45) is 0.875. The highest BCUT2D eigenvalue weighted by molar-refractivity contribution is 6.42. The monoisotopic (exact) mass is 312 g/mol. The van der Waals surface area contributed by atoms with Gasteiger partial charge in [0, 0.05) is 0 Å². The summed E-state index contributed by atoms with van der Waals surface area (Å²) in [6.45, 7) is 2.15. The van der Waals surface area contributed by atoms with Crippen LogP contribution in [-0.4, -0.2) is 0 Å². The predicted octanol–water partition coefficient (Wildman–Crippen LogP) is 6.15. The van der Waals surface area contributed by atoms with Crippen LogP contribution in [0.15, 0.2) is 48.5 Å². The number of alkyl halides is 1. The Morgan fingerprint density at radius 3 is 2.26 bits per heavy atom. The number of benzene rings is 2. The van der Waals surface area contributed by atoms with Crippen molar-refractivity contribution in [3.8, 4) is 0 Å². The molecule has 0 saturated heterocycles. The van der Waals surface area contributed by atoms with E-state index in [4.69, 9.17) is 34.8 Å². The minimum absolute atomic E-state index is 0.00402. The SMILES string of the molecule is CC(Cc1ccc(Cl)c(Cl)c1)C(Cl)c1ccccc1. The molecule has 0 saturated carbocycles. The lowest BCUT2D eigenvalue weighted by Crippen LogP contribution is -2.07. The lowest BCUT2D eigenvalue weighted by atomic mass is 9.94. The average molecular weight is 314 g/mol. The summed E-state index contributed by atoms with van der Waals surface area (Å²) >= 11 is 18.5. The minimum atomic E-state index is -0.00402. The van der Waals surface area contributed by atoms with Crippen LogP contribution in [0.25, 0.3) is 0 Å². The first-order valence-corrected chi connectivity index (χ1v) is 7.40. The fourth-order valence-corrected chi connectivity index (χ4v) is 2.66. The molecule has 0 aromatic heterocycles. The third-order valence-corrected chi connectivity index (χ3v) is 4.58. The van der Waals surface area contributed by atoms with Gasteiger partial charge in [-0.15, -0.1) is 11.6 Å². The van der Waals surface area contributed by atoms with Gasteiger partial charge in [-0.1, -0.05) is 66.5 Å². The van der Waals surface area contributed by atoms with E-state index in [1.807, 2.05) is 36.4 Å². The topological polar surface area (TPSA) is 0 Å². The summed E-state index contributed by atoms with van der Waals surface area (Å²) in [5.41, 5.74) is 2.31. The molecular weight excluding hydrogens is 299 g/mol. The molecule has 2 unspecified atom stereocenters. The Kier molecular flexibility index (Phi) is 5.15. The lowest BCUT2D eigenvalue weighted by Gasteiger charge is -2.18. The van der Waals surface area contributed by atoms with Crippen molar-refractivity contribution in [2.45, 2.75) is 18.7 Å². The molecule has 2 atom stereocenters. The van der Waals surface area contributed by atoms with E-state index >= 15 is 0 Å². The van der Waals surface area contributed by atoms with Crippen molar-refractivity contribution >= 4 is 34.8 Å². The standard InChI is InChI=1S/C16H15Cl3/c1-11(16(19)13-5-3-2-4-6-13)9-12-7-8-14(17)15(18)10-12/h2-8,10-11,16H,9H2,1H3. The number of hydrogen-bond acceptors (Lipinski definition) is 0.